The summed E-state index contributed by atoms with van der Waals surface area (Å²) in [7, 11) is -1.61. The van der Waals surface area contributed by atoms with Gasteiger partial charge in [0.25, 0.3) is 10.1 Å². The molecule has 1 aliphatic heterocycles. The molecule has 0 amide bonds. The first-order chi connectivity index (χ1) is 11.1. The van der Waals surface area contributed by atoms with Crippen LogP contribution in [0.2, 0.25) is 0 Å². The Balaban J connectivity index is 1.72. The molecule has 23 heavy (non-hydrogen) atoms. The van der Waals surface area contributed by atoms with Crippen LogP contribution in [-0.2, 0) is 14.3 Å². The Morgan fingerprint density at radius 2 is 2.00 bits per heavy atom. The number of likely N-dealkylation sites (tertiary alicyclic amines) is 1. The Hall–Kier alpha value is -1.21. The van der Waals surface area contributed by atoms with Crippen LogP contribution in [0.1, 0.15) is 17.2 Å². The van der Waals surface area contributed by atoms with Crippen LogP contribution < -0.4 is 0 Å². The summed E-state index contributed by atoms with van der Waals surface area (Å²) < 4.78 is 30.0. The third-order valence-corrected chi connectivity index (χ3v) is 6.61. The van der Waals surface area contributed by atoms with Crippen LogP contribution in [0.4, 0.5) is 0 Å². The lowest BCUT2D eigenvalue weighted by Gasteiger charge is -2.36. The molecular weight excluding hydrogens is 330 g/mol. The molecule has 1 aromatic heterocycles. The lowest BCUT2D eigenvalue weighted by molar-refractivity contribution is 0.133. The Labute approximate surface area is 141 Å². The largest absolute Gasteiger partial charge is 0.306 e. The average Bonchev–Trinajstić information content (AvgIpc) is 3.08. The van der Waals surface area contributed by atoms with Gasteiger partial charge in [-0.25, -0.2) is 0 Å². The molecule has 3 rings (SSSR count). The molecule has 6 heteroatoms. The first-order valence-corrected chi connectivity index (χ1v) is 10.0. The number of hydrogen-bond acceptors (Lipinski definition) is 5. The maximum atomic E-state index is 12.3. The highest BCUT2D eigenvalue weighted by molar-refractivity contribution is 7.86. The second-order valence-electron chi connectivity index (χ2n) is 5.98. The number of rotatable bonds is 5. The summed E-state index contributed by atoms with van der Waals surface area (Å²) in [5.41, 5.74) is 0. The second-order valence-corrected chi connectivity index (χ2v) is 8.58. The normalized spacial score (nSPS) is 23.0. The monoisotopic (exact) mass is 351 g/mol. The quantitative estimate of drug-likeness (QED) is 0.776. The molecule has 4 nitrogen and oxygen atoms in total. The van der Waals surface area contributed by atoms with Crippen molar-refractivity contribution >= 4 is 21.5 Å². The summed E-state index contributed by atoms with van der Waals surface area (Å²) in [4.78, 5) is 3.79. The highest BCUT2D eigenvalue weighted by Gasteiger charge is 2.31. The van der Waals surface area contributed by atoms with Crippen LogP contribution >= 0.6 is 11.3 Å². The van der Waals surface area contributed by atoms with E-state index in [0.29, 0.717) is 5.92 Å². The maximum Gasteiger partial charge on any atom is 0.296 e. The van der Waals surface area contributed by atoms with E-state index in [-0.39, 0.29) is 17.4 Å². The van der Waals surface area contributed by atoms with E-state index in [1.165, 1.54) is 4.88 Å². The van der Waals surface area contributed by atoms with Crippen molar-refractivity contribution in [1.82, 2.24) is 4.90 Å². The van der Waals surface area contributed by atoms with Gasteiger partial charge in [-0.2, -0.15) is 8.42 Å². The van der Waals surface area contributed by atoms with Crippen molar-refractivity contribution in [2.75, 3.05) is 26.7 Å². The van der Waals surface area contributed by atoms with E-state index in [4.69, 9.17) is 4.18 Å². The molecule has 2 atom stereocenters. The zero-order valence-electron chi connectivity index (χ0n) is 13.1. The van der Waals surface area contributed by atoms with Crippen LogP contribution in [0, 0.1) is 5.92 Å². The van der Waals surface area contributed by atoms with Gasteiger partial charge < -0.3 is 4.90 Å². The predicted molar refractivity (Wildman–Crippen MR) is 92.2 cm³/mol. The van der Waals surface area contributed by atoms with Crippen LogP contribution in [0.3, 0.4) is 0 Å². The molecule has 0 aliphatic carbocycles. The van der Waals surface area contributed by atoms with Crippen molar-refractivity contribution in [2.45, 2.75) is 17.2 Å². The van der Waals surface area contributed by atoms with Gasteiger partial charge in [0.2, 0.25) is 0 Å². The average molecular weight is 351 g/mol. The molecule has 0 bridgehead atoms. The zero-order valence-corrected chi connectivity index (χ0v) is 14.7. The molecule has 1 saturated heterocycles. The van der Waals surface area contributed by atoms with E-state index in [1.54, 1.807) is 41.7 Å². The Morgan fingerprint density at radius 3 is 2.70 bits per heavy atom. The first-order valence-electron chi connectivity index (χ1n) is 7.73. The number of benzene rings is 1. The molecule has 1 aromatic carbocycles. The third kappa shape index (κ3) is 4.01. The summed E-state index contributed by atoms with van der Waals surface area (Å²) in [6, 6.07) is 12.5. The molecule has 2 aromatic rings. The minimum atomic E-state index is -3.68. The van der Waals surface area contributed by atoms with Gasteiger partial charge >= 0.3 is 0 Å². The van der Waals surface area contributed by atoms with Gasteiger partial charge in [-0.05, 0) is 43.6 Å². The van der Waals surface area contributed by atoms with E-state index >= 15 is 0 Å². The van der Waals surface area contributed by atoms with Crippen LogP contribution in [0.15, 0.2) is 52.7 Å². The summed E-state index contributed by atoms with van der Waals surface area (Å²) in [6.45, 7) is 2.11. The highest BCUT2D eigenvalue weighted by Crippen LogP contribution is 2.35. The predicted octanol–water partition coefficient (Wildman–Crippen LogP) is 3.19. The van der Waals surface area contributed by atoms with Gasteiger partial charge in [0.1, 0.15) is 0 Å². The summed E-state index contributed by atoms with van der Waals surface area (Å²) in [6.07, 6.45) is 1.04. The summed E-state index contributed by atoms with van der Waals surface area (Å²) >= 11 is 1.74. The molecule has 2 unspecified atom stereocenters. The van der Waals surface area contributed by atoms with E-state index in [0.717, 1.165) is 19.5 Å². The molecule has 1 fully saturated rings. The lowest BCUT2D eigenvalue weighted by atomic mass is 9.85. The van der Waals surface area contributed by atoms with E-state index in [1.807, 2.05) is 0 Å². The fourth-order valence-electron chi connectivity index (χ4n) is 3.09. The zero-order chi connectivity index (χ0) is 16.3. The van der Waals surface area contributed by atoms with Gasteiger partial charge in [0, 0.05) is 23.3 Å². The van der Waals surface area contributed by atoms with Crippen LogP contribution in [0.25, 0.3) is 0 Å². The minimum absolute atomic E-state index is 0.186. The Bertz CT molecular complexity index is 714. The number of hydrogen-bond donors (Lipinski definition) is 0. The molecule has 0 N–H and O–H groups in total. The van der Waals surface area contributed by atoms with Crippen molar-refractivity contribution < 1.29 is 12.6 Å². The standard InChI is InChI=1S/C17H21NO3S2/c1-18-10-9-16(17-8-5-11-22-17)14(12-18)13-21-23(19,20)15-6-3-2-4-7-15/h2-8,11,14,16H,9-10,12-13H2,1H3. The van der Waals surface area contributed by atoms with Crippen molar-refractivity contribution in [3.8, 4) is 0 Å². The van der Waals surface area contributed by atoms with Crippen LogP contribution in [0.5, 0.6) is 0 Å². The molecule has 0 radical (unpaired) electrons. The molecule has 1 aliphatic rings. The minimum Gasteiger partial charge on any atom is -0.306 e. The molecule has 0 saturated carbocycles. The molecule has 2 heterocycles. The number of nitrogens with zero attached hydrogens (tertiary/aromatic N) is 1. The van der Waals surface area contributed by atoms with Gasteiger partial charge in [-0.1, -0.05) is 24.3 Å². The van der Waals surface area contributed by atoms with Crippen molar-refractivity contribution in [3.05, 3.63) is 52.7 Å². The SMILES string of the molecule is CN1CCC(c2cccs2)C(COS(=O)(=O)c2ccccc2)C1. The fraction of sp³-hybridized carbons (Fsp3) is 0.412. The van der Waals surface area contributed by atoms with Crippen molar-refractivity contribution in [3.63, 3.8) is 0 Å². The third-order valence-electron chi connectivity index (χ3n) is 4.31. The van der Waals surface area contributed by atoms with E-state index in [9.17, 15) is 8.42 Å². The van der Waals surface area contributed by atoms with Crippen LogP contribution in [-0.4, -0.2) is 40.1 Å². The highest BCUT2D eigenvalue weighted by atomic mass is 32.2. The first kappa shape index (κ1) is 16.6. The van der Waals surface area contributed by atoms with E-state index in [2.05, 4.69) is 29.5 Å². The molecular formula is C17H21NO3S2. The lowest BCUT2D eigenvalue weighted by Crippen LogP contribution is -2.39. The van der Waals surface area contributed by atoms with Gasteiger partial charge in [-0.15, -0.1) is 11.3 Å². The van der Waals surface area contributed by atoms with Gasteiger partial charge in [-0.3, -0.25) is 4.18 Å². The Morgan fingerprint density at radius 1 is 1.22 bits per heavy atom. The summed E-state index contributed by atoms with van der Waals surface area (Å²) in [5.74, 6) is 0.558. The number of thiophene rings is 1. The second kappa shape index (κ2) is 7.13. The maximum absolute atomic E-state index is 12.3. The smallest absolute Gasteiger partial charge is 0.296 e. The number of piperidine rings is 1. The van der Waals surface area contributed by atoms with E-state index < -0.39 is 10.1 Å². The van der Waals surface area contributed by atoms with Crippen molar-refractivity contribution in [2.24, 2.45) is 5.92 Å². The fourth-order valence-corrected chi connectivity index (χ4v) is 5.03. The Kier molecular flexibility index (Phi) is 5.16. The topological polar surface area (TPSA) is 46.6 Å². The molecule has 124 valence electrons. The molecule has 0 spiro atoms. The summed E-state index contributed by atoms with van der Waals surface area (Å²) in [5, 5.41) is 2.08. The van der Waals surface area contributed by atoms with Gasteiger partial charge in [0.05, 0.1) is 11.5 Å². The van der Waals surface area contributed by atoms with Gasteiger partial charge in [0.15, 0.2) is 0 Å². The van der Waals surface area contributed by atoms with Crippen molar-refractivity contribution in [1.29, 1.82) is 0 Å².